The van der Waals surface area contributed by atoms with Crippen molar-refractivity contribution in [1.82, 2.24) is 0 Å². The van der Waals surface area contributed by atoms with Gasteiger partial charge in [-0.05, 0) is 62.1 Å². The van der Waals surface area contributed by atoms with Crippen molar-refractivity contribution in [1.29, 1.82) is 0 Å². The van der Waals surface area contributed by atoms with E-state index in [2.05, 4.69) is 13.8 Å². The van der Waals surface area contributed by atoms with Gasteiger partial charge in [0.15, 0.2) is 10.6 Å². The number of carbonyl (C=O) groups is 1. The molecule has 3 aromatic carbocycles. The topological polar surface area (TPSA) is 118 Å². The van der Waals surface area contributed by atoms with E-state index < -0.39 is 13.7 Å². The predicted octanol–water partition coefficient (Wildman–Crippen LogP) is 4.02. The molecule has 0 radical (unpaired) electrons. The molecule has 0 saturated heterocycles. The minimum absolute atomic E-state index is 0.331. The van der Waals surface area contributed by atoms with Gasteiger partial charge in [0.2, 0.25) is 0 Å². The van der Waals surface area contributed by atoms with Crippen LogP contribution in [-0.4, -0.2) is 43.3 Å². The van der Waals surface area contributed by atoms with E-state index in [0.29, 0.717) is 28.5 Å². The number of aliphatic hydroxyl groups is 2. The number of carboxylic acids is 1. The molecule has 0 fully saturated rings. The van der Waals surface area contributed by atoms with Crippen molar-refractivity contribution >= 4 is 24.3 Å². The largest absolute Gasteiger partial charge is 0.478 e. The molecule has 184 valence electrons. The lowest BCUT2D eigenvalue weighted by molar-refractivity contribution is 0.0695. The van der Waals surface area contributed by atoms with Crippen molar-refractivity contribution in [3.63, 3.8) is 0 Å². The maximum atomic E-state index is 10.2. The van der Waals surface area contributed by atoms with Gasteiger partial charge in [-0.25, -0.2) is 14.6 Å². The molecule has 34 heavy (non-hydrogen) atoms. The molecule has 0 spiro atoms. The second-order valence-electron chi connectivity index (χ2n) is 8.31. The summed E-state index contributed by atoms with van der Waals surface area (Å²) in [6, 6.07) is 26.2. The lowest BCUT2D eigenvalue weighted by Gasteiger charge is -2.13. The normalized spacial score (nSPS) is 12.5. The van der Waals surface area contributed by atoms with Crippen LogP contribution >= 0.6 is 7.72 Å². The second-order valence-corrected chi connectivity index (χ2v) is 10.5. The van der Waals surface area contributed by atoms with Gasteiger partial charge in [0, 0.05) is 0 Å². The molecule has 2 atom stereocenters. The predicted molar refractivity (Wildman–Crippen MR) is 139 cm³/mol. The Kier molecular flexibility index (Phi) is 13.3. The summed E-state index contributed by atoms with van der Waals surface area (Å²) < 4.78 is 0. The highest BCUT2D eigenvalue weighted by Crippen LogP contribution is 2.46. The molecule has 0 aliphatic rings. The maximum Gasteiger partial charge on any atom is 0.335 e. The molecule has 0 aliphatic heterocycles. The molecule has 6 nitrogen and oxygen atoms in total. The fraction of sp³-hybridized carbons (Fsp3) is 0.296. The average Bonchev–Trinajstić information content (AvgIpc) is 2.80. The third-order valence-corrected chi connectivity index (χ3v) is 6.65. The van der Waals surface area contributed by atoms with Crippen molar-refractivity contribution in [3.8, 4) is 0 Å². The SMILES string of the molecule is CC(C)CC(O)CC(C)O.O=C(O)c1ccccc1.O[P+](O)(c1ccccc1)c1ccccc1. The van der Waals surface area contributed by atoms with Crippen LogP contribution in [-0.2, 0) is 0 Å². The highest BCUT2D eigenvalue weighted by molar-refractivity contribution is 7.79. The summed E-state index contributed by atoms with van der Waals surface area (Å²) in [6.45, 7) is 5.82. The zero-order valence-corrected chi connectivity index (χ0v) is 20.8. The van der Waals surface area contributed by atoms with Crippen LogP contribution in [0.3, 0.4) is 0 Å². The Hall–Kier alpha value is -2.60. The highest BCUT2D eigenvalue weighted by Gasteiger charge is 2.39. The first-order valence-corrected chi connectivity index (χ1v) is 12.8. The molecular formula is C27H36O6P+. The summed E-state index contributed by atoms with van der Waals surface area (Å²) in [7, 11) is -3.15. The van der Waals surface area contributed by atoms with Gasteiger partial charge in [0.25, 0.3) is 0 Å². The van der Waals surface area contributed by atoms with Crippen molar-refractivity contribution < 1.29 is 29.9 Å². The van der Waals surface area contributed by atoms with E-state index >= 15 is 0 Å². The van der Waals surface area contributed by atoms with Crippen LogP contribution in [0.2, 0.25) is 0 Å². The fourth-order valence-corrected chi connectivity index (χ4v) is 4.51. The number of carboxylic acid groups (broad SMARTS) is 1. The van der Waals surface area contributed by atoms with Gasteiger partial charge in [-0.1, -0.05) is 68.4 Å². The third kappa shape index (κ3) is 11.5. The standard InChI is InChI=1S/C12H12O2P.C8H18O2.C7H6O2/c13-15(14,11-7-3-1-4-8-11)12-9-5-2-6-10-12;1-6(2)4-8(10)5-7(3)9;8-7(9)6-4-2-1-3-5-6/h1-10,13-14H;6-10H,4-5H2,1-3H3;1-5H,(H,8,9)/q+1;;. The van der Waals surface area contributed by atoms with E-state index in [1.165, 1.54) is 0 Å². The van der Waals surface area contributed by atoms with Crippen LogP contribution in [0.1, 0.15) is 44.0 Å². The van der Waals surface area contributed by atoms with Crippen molar-refractivity contribution in [2.45, 2.75) is 45.8 Å². The number of hydrogen-bond donors (Lipinski definition) is 5. The summed E-state index contributed by atoms with van der Waals surface area (Å²) in [5.74, 6) is -0.371. The molecule has 3 aromatic rings. The van der Waals surface area contributed by atoms with Crippen LogP contribution in [0.5, 0.6) is 0 Å². The van der Waals surface area contributed by atoms with E-state index in [1.807, 2.05) is 12.1 Å². The number of aromatic carboxylic acids is 1. The Morgan fingerprint density at radius 1 is 0.706 bits per heavy atom. The monoisotopic (exact) mass is 487 g/mol. The van der Waals surface area contributed by atoms with E-state index in [-0.39, 0.29) is 12.2 Å². The Bertz CT molecular complexity index is 880. The summed E-state index contributed by atoms with van der Waals surface area (Å²) in [5.41, 5.74) is 0.331. The molecule has 0 saturated carbocycles. The first-order valence-electron chi connectivity index (χ1n) is 11.1. The van der Waals surface area contributed by atoms with Gasteiger partial charge in [-0.15, -0.1) is 0 Å². The van der Waals surface area contributed by atoms with Gasteiger partial charge in [0.05, 0.1) is 17.8 Å². The molecule has 0 aromatic heterocycles. The molecule has 0 heterocycles. The minimum atomic E-state index is -3.15. The molecule has 0 aliphatic carbocycles. The lowest BCUT2D eigenvalue weighted by atomic mass is 10.0. The summed E-state index contributed by atoms with van der Waals surface area (Å²) in [4.78, 5) is 30.4. The number of benzene rings is 3. The van der Waals surface area contributed by atoms with Crippen LogP contribution in [0, 0.1) is 5.92 Å². The van der Waals surface area contributed by atoms with E-state index in [9.17, 15) is 19.7 Å². The first-order chi connectivity index (χ1) is 16.0. The fourth-order valence-electron chi connectivity index (χ4n) is 3.04. The molecule has 7 heteroatoms. The third-order valence-electron chi connectivity index (χ3n) is 4.61. The van der Waals surface area contributed by atoms with Crippen molar-refractivity contribution in [2.75, 3.05) is 0 Å². The summed E-state index contributed by atoms with van der Waals surface area (Å²) in [5, 5.41) is 27.7. The van der Waals surface area contributed by atoms with E-state index in [0.717, 1.165) is 6.42 Å². The van der Waals surface area contributed by atoms with Crippen LogP contribution in [0.4, 0.5) is 0 Å². The smallest absolute Gasteiger partial charge is 0.335 e. The molecule has 3 rings (SSSR count). The molecular weight excluding hydrogens is 451 g/mol. The Balaban J connectivity index is 0.000000268. The van der Waals surface area contributed by atoms with Crippen LogP contribution in [0.15, 0.2) is 91.0 Å². The van der Waals surface area contributed by atoms with Gasteiger partial charge in [-0.2, -0.15) is 0 Å². The zero-order valence-electron chi connectivity index (χ0n) is 19.9. The Labute approximate surface area is 202 Å². The molecule has 2 unspecified atom stereocenters. The van der Waals surface area contributed by atoms with Crippen LogP contribution < -0.4 is 10.6 Å². The number of hydrogen-bond acceptors (Lipinski definition) is 5. The average molecular weight is 488 g/mol. The number of aliphatic hydroxyl groups excluding tert-OH is 2. The van der Waals surface area contributed by atoms with Gasteiger partial charge >= 0.3 is 13.7 Å². The van der Waals surface area contributed by atoms with Gasteiger partial charge < -0.3 is 15.3 Å². The summed E-state index contributed by atoms with van der Waals surface area (Å²) in [6.07, 6.45) is 0.567. The van der Waals surface area contributed by atoms with Crippen LogP contribution in [0.25, 0.3) is 0 Å². The quantitative estimate of drug-likeness (QED) is 0.321. The lowest BCUT2D eigenvalue weighted by Crippen LogP contribution is -2.20. The van der Waals surface area contributed by atoms with Gasteiger partial charge in [-0.3, -0.25) is 0 Å². The maximum absolute atomic E-state index is 10.2. The molecule has 5 N–H and O–H groups in total. The number of rotatable bonds is 7. The van der Waals surface area contributed by atoms with Gasteiger partial charge in [0.1, 0.15) is 0 Å². The second kappa shape index (κ2) is 15.3. The highest BCUT2D eigenvalue weighted by atomic mass is 31.2. The molecule has 0 bridgehead atoms. The first kappa shape index (κ1) is 29.4. The Morgan fingerprint density at radius 2 is 1.09 bits per heavy atom. The van der Waals surface area contributed by atoms with Crippen molar-refractivity contribution in [2.24, 2.45) is 5.92 Å². The minimum Gasteiger partial charge on any atom is -0.478 e. The molecule has 0 amide bonds. The zero-order chi connectivity index (χ0) is 25.6. The summed E-state index contributed by atoms with van der Waals surface area (Å²) >= 11 is 0. The Morgan fingerprint density at radius 3 is 1.38 bits per heavy atom. The van der Waals surface area contributed by atoms with Crippen molar-refractivity contribution in [3.05, 3.63) is 96.6 Å². The van der Waals surface area contributed by atoms with E-state index in [1.54, 1.807) is 85.8 Å². The van der Waals surface area contributed by atoms with E-state index in [4.69, 9.17) is 10.2 Å².